The van der Waals surface area contributed by atoms with Crippen molar-refractivity contribution in [1.29, 1.82) is 0 Å². The second-order valence-corrected chi connectivity index (χ2v) is 5.19. The number of carboxylic acids is 1. The van der Waals surface area contributed by atoms with Gasteiger partial charge in [-0.15, -0.1) is 0 Å². The highest BCUT2D eigenvalue weighted by atomic mass is 19.1. The summed E-state index contributed by atoms with van der Waals surface area (Å²) in [6.45, 7) is 1.49. The van der Waals surface area contributed by atoms with Crippen molar-refractivity contribution < 1.29 is 23.8 Å². The first-order valence-electron chi connectivity index (χ1n) is 6.80. The van der Waals surface area contributed by atoms with Crippen LogP contribution in [0.5, 0.6) is 5.75 Å². The summed E-state index contributed by atoms with van der Waals surface area (Å²) in [5.41, 5.74) is 0.501. The van der Waals surface area contributed by atoms with Crippen LogP contribution in [0.4, 0.5) is 4.39 Å². The van der Waals surface area contributed by atoms with E-state index in [2.05, 4.69) is 0 Å². The molecular formula is C15H18FNO4. The number of hydrogen-bond donors (Lipinski definition) is 1. The third-order valence-electron chi connectivity index (χ3n) is 3.57. The lowest BCUT2D eigenvalue weighted by Crippen LogP contribution is -2.45. The molecule has 0 heterocycles. The Labute approximate surface area is 122 Å². The highest BCUT2D eigenvalue weighted by Gasteiger charge is 2.38. The van der Waals surface area contributed by atoms with Crippen molar-refractivity contribution in [2.75, 3.05) is 7.11 Å². The minimum absolute atomic E-state index is 0.00769. The van der Waals surface area contributed by atoms with E-state index in [1.807, 2.05) is 0 Å². The fourth-order valence-corrected chi connectivity index (χ4v) is 2.29. The van der Waals surface area contributed by atoms with Crippen molar-refractivity contribution in [3.8, 4) is 5.75 Å². The Hall–Kier alpha value is -2.11. The zero-order chi connectivity index (χ0) is 15.6. The summed E-state index contributed by atoms with van der Waals surface area (Å²) in [6, 6.07) is 3.43. The fourth-order valence-electron chi connectivity index (χ4n) is 2.29. The maximum atomic E-state index is 13.6. The standard InChI is InChI=1S/C15H18FNO4/c1-9(15(19)20)17(11-4-5-11)14(18)8-10-3-6-13(21-2)12(16)7-10/h3,6-7,9,11H,4-5,8H2,1-2H3,(H,19,20). The molecule has 1 aromatic carbocycles. The lowest BCUT2D eigenvalue weighted by Gasteiger charge is -2.26. The number of amides is 1. The molecule has 2 rings (SSSR count). The van der Waals surface area contributed by atoms with Crippen LogP contribution in [-0.4, -0.2) is 41.1 Å². The van der Waals surface area contributed by atoms with Gasteiger partial charge in [-0.2, -0.15) is 0 Å². The molecule has 0 aliphatic heterocycles. The van der Waals surface area contributed by atoms with E-state index in [-0.39, 0.29) is 24.1 Å². The Bertz CT molecular complexity index is 557. The van der Waals surface area contributed by atoms with Gasteiger partial charge in [0.25, 0.3) is 0 Å². The zero-order valence-corrected chi connectivity index (χ0v) is 12.0. The zero-order valence-electron chi connectivity index (χ0n) is 12.0. The van der Waals surface area contributed by atoms with Crippen LogP contribution in [0, 0.1) is 5.82 Å². The van der Waals surface area contributed by atoms with Gasteiger partial charge in [0.1, 0.15) is 6.04 Å². The second-order valence-electron chi connectivity index (χ2n) is 5.19. The molecule has 1 amide bonds. The normalized spacial score (nSPS) is 15.4. The number of ether oxygens (including phenoxy) is 1. The summed E-state index contributed by atoms with van der Waals surface area (Å²) < 4.78 is 18.4. The fraction of sp³-hybridized carbons (Fsp3) is 0.467. The summed E-state index contributed by atoms with van der Waals surface area (Å²) in [7, 11) is 1.37. The Morgan fingerprint density at radius 3 is 2.62 bits per heavy atom. The first-order valence-corrected chi connectivity index (χ1v) is 6.80. The molecule has 1 N–H and O–H groups in total. The number of benzene rings is 1. The van der Waals surface area contributed by atoms with E-state index in [1.165, 1.54) is 31.1 Å². The Morgan fingerprint density at radius 1 is 1.48 bits per heavy atom. The molecule has 0 bridgehead atoms. The quantitative estimate of drug-likeness (QED) is 0.869. The van der Waals surface area contributed by atoms with E-state index in [4.69, 9.17) is 9.84 Å². The minimum atomic E-state index is -1.03. The minimum Gasteiger partial charge on any atom is -0.494 e. The molecule has 0 aromatic heterocycles. The summed E-state index contributed by atoms with van der Waals surface area (Å²) in [6.07, 6.45) is 1.62. The predicted octanol–water partition coefficient (Wildman–Crippen LogP) is 1.84. The van der Waals surface area contributed by atoms with E-state index in [1.54, 1.807) is 6.07 Å². The average Bonchev–Trinajstić information content (AvgIpc) is 3.23. The van der Waals surface area contributed by atoms with Crippen molar-refractivity contribution in [2.45, 2.75) is 38.3 Å². The van der Waals surface area contributed by atoms with Crippen molar-refractivity contribution in [3.05, 3.63) is 29.6 Å². The summed E-state index contributed by atoms with van der Waals surface area (Å²) in [4.78, 5) is 24.8. The number of nitrogens with zero attached hydrogens (tertiary/aromatic N) is 1. The molecule has 0 radical (unpaired) electrons. The number of hydrogen-bond acceptors (Lipinski definition) is 3. The highest BCUT2D eigenvalue weighted by molar-refractivity contribution is 5.85. The Balaban J connectivity index is 2.11. The number of carbonyl (C=O) groups excluding carboxylic acids is 1. The van der Waals surface area contributed by atoms with Gasteiger partial charge in [0.05, 0.1) is 13.5 Å². The predicted molar refractivity (Wildman–Crippen MR) is 73.6 cm³/mol. The number of methoxy groups -OCH3 is 1. The van der Waals surface area contributed by atoms with Crippen LogP contribution in [0.3, 0.4) is 0 Å². The highest BCUT2D eigenvalue weighted by Crippen LogP contribution is 2.29. The number of halogens is 1. The summed E-state index contributed by atoms with van der Waals surface area (Å²) in [5, 5.41) is 9.09. The van der Waals surface area contributed by atoms with E-state index < -0.39 is 17.8 Å². The van der Waals surface area contributed by atoms with E-state index in [0.29, 0.717) is 5.56 Å². The molecule has 1 aliphatic rings. The molecule has 1 saturated carbocycles. The third kappa shape index (κ3) is 3.51. The molecule has 1 unspecified atom stereocenters. The SMILES string of the molecule is COc1ccc(CC(=O)N(C2CC2)C(C)C(=O)O)cc1F. The summed E-state index contributed by atoms with van der Waals surface area (Å²) in [5.74, 6) is -1.75. The van der Waals surface area contributed by atoms with Gasteiger partial charge in [-0.3, -0.25) is 4.79 Å². The topological polar surface area (TPSA) is 66.8 Å². The lowest BCUT2D eigenvalue weighted by molar-refractivity contribution is -0.149. The van der Waals surface area contributed by atoms with Gasteiger partial charge in [0.2, 0.25) is 5.91 Å². The number of rotatable bonds is 6. The van der Waals surface area contributed by atoms with Gasteiger partial charge in [-0.05, 0) is 37.5 Å². The smallest absolute Gasteiger partial charge is 0.326 e. The third-order valence-corrected chi connectivity index (χ3v) is 3.57. The van der Waals surface area contributed by atoms with Crippen LogP contribution in [0.2, 0.25) is 0 Å². The Kier molecular flexibility index (Phi) is 4.45. The van der Waals surface area contributed by atoms with Gasteiger partial charge in [-0.1, -0.05) is 6.07 Å². The molecule has 1 aliphatic carbocycles. The monoisotopic (exact) mass is 295 g/mol. The molecule has 5 nitrogen and oxygen atoms in total. The number of carboxylic acid groups (broad SMARTS) is 1. The molecule has 1 atom stereocenters. The van der Waals surface area contributed by atoms with Crippen LogP contribution in [0.1, 0.15) is 25.3 Å². The molecule has 6 heteroatoms. The molecule has 0 spiro atoms. The van der Waals surface area contributed by atoms with Gasteiger partial charge in [0, 0.05) is 6.04 Å². The van der Waals surface area contributed by atoms with Crippen LogP contribution in [0.25, 0.3) is 0 Å². The summed E-state index contributed by atoms with van der Waals surface area (Å²) >= 11 is 0. The molecular weight excluding hydrogens is 277 g/mol. The van der Waals surface area contributed by atoms with Crippen LogP contribution in [-0.2, 0) is 16.0 Å². The van der Waals surface area contributed by atoms with Gasteiger partial charge in [-0.25, -0.2) is 9.18 Å². The lowest BCUT2D eigenvalue weighted by atomic mass is 10.1. The number of aliphatic carboxylic acids is 1. The molecule has 0 saturated heterocycles. The van der Waals surface area contributed by atoms with Crippen molar-refractivity contribution in [1.82, 2.24) is 4.90 Å². The van der Waals surface area contributed by atoms with E-state index >= 15 is 0 Å². The first kappa shape index (κ1) is 15.3. The van der Waals surface area contributed by atoms with Crippen molar-refractivity contribution in [2.24, 2.45) is 0 Å². The maximum absolute atomic E-state index is 13.6. The largest absolute Gasteiger partial charge is 0.494 e. The van der Waals surface area contributed by atoms with E-state index in [0.717, 1.165) is 12.8 Å². The van der Waals surface area contributed by atoms with Crippen LogP contribution >= 0.6 is 0 Å². The molecule has 114 valence electrons. The van der Waals surface area contributed by atoms with Gasteiger partial charge >= 0.3 is 5.97 Å². The van der Waals surface area contributed by atoms with Gasteiger partial charge in [0.15, 0.2) is 11.6 Å². The number of carbonyl (C=O) groups is 2. The average molecular weight is 295 g/mol. The van der Waals surface area contributed by atoms with Crippen LogP contribution < -0.4 is 4.74 Å². The first-order chi connectivity index (χ1) is 9.93. The molecule has 1 fully saturated rings. The second kappa shape index (κ2) is 6.11. The van der Waals surface area contributed by atoms with E-state index in [9.17, 15) is 14.0 Å². The maximum Gasteiger partial charge on any atom is 0.326 e. The molecule has 21 heavy (non-hydrogen) atoms. The Morgan fingerprint density at radius 2 is 2.14 bits per heavy atom. The van der Waals surface area contributed by atoms with Gasteiger partial charge < -0.3 is 14.7 Å². The van der Waals surface area contributed by atoms with Crippen LogP contribution in [0.15, 0.2) is 18.2 Å². The molecule has 1 aromatic rings. The van der Waals surface area contributed by atoms with Crippen molar-refractivity contribution in [3.63, 3.8) is 0 Å². The van der Waals surface area contributed by atoms with Crippen molar-refractivity contribution >= 4 is 11.9 Å².